The predicted molar refractivity (Wildman–Crippen MR) is 218 cm³/mol. The number of sulfone groups is 1. The van der Waals surface area contributed by atoms with E-state index in [1.807, 2.05) is 0 Å². The Kier molecular flexibility index (Phi) is 10.5. The summed E-state index contributed by atoms with van der Waals surface area (Å²) in [7, 11) is -2.92. The molecule has 4 saturated carbocycles. The van der Waals surface area contributed by atoms with Crippen molar-refractivity contribution < 1.29 is 27.5 Å². The molecule has 1 amide bonds. The third kappa shape index (κ3) is 6.27. The number of carbonyl (C=O) groups excluding carboxylic acids is 1. The fourth-order valence-electron chi connectivity index (χ4n) is 15.4. The molecule has 0 aromatic rings. The summed E-state index contributed by atoms with van der Waals surface area (Å²) in [5, 5.41) is 9.84. The number of alkyl halides is 1. The average Bonchev–Trinajstić information content (AvgIpc) is 3.51. The maximum atomic E-state index is 14.0. The first-order valence-corrected chi connectivity index (χ1v) is 23.6. The number of fused-ring (bicyclic) bond motifs is 7. The van der Waals surface area contributed by atoms with Gasteiger partial charge in [-0.2, -0.15) is 0 Å². The number of carboxylic acid groups (broad SMARTS) is 1. The van der Waals surface area contributed by atoms with Crippen LogP contribution in [0.4, 0.5) is 4.39 Å². The number of hydrogen-bond acceptors (Lipinski definition) is 5. The van der Waals surface area contributed by atoms with E-state index in [4.69, 9.17) is 0 Å². The highest BCUT2D eigenvalue weighted by molar-refractivity contribution is 7.91. The number of aliphatic carboxylic acids is 1. The van der Waals surface area contributed by atoms with Crippen molar-refractivity contribution in [1.82, 2.24) is 9.80 Å². The van der Waals surface area contributed by atoms with Crippen LogP contribution in [0.3, 0.4) is 0 Å². The second-order valence-corrected chi connectivity index (χ2v) is 23.3. The standard InChI is InChI=1S/C46H71FN2O5S/c1-31(2)34-14-21-46(49(32(3)50)25-9-24-48-26-28-55(53,54)29-27-48)23-22-43(7)36(39(34)46)10-11-38-42(6)17-15-35(41(4,5)37(42)16-18-44(38,43)8)33-12-19-45(30-47,20-13-33)40(51)52/h12,15,34,36-39H,1,9-11,13-14,16-30H2,2-8H3,(H,51,52)/t34-,36+,37-,38+,39+,42-,43+,44+,45+,46?/m0/s1. The average molecular weight is 783 g/mol. The van der Waals surface area contributed by atoms with Crippen molar-refractivity contribution in [2.45, 2.75) is 137 Å². The van der Waals surface area contributed by atoms with Gasteiger partial charge in [-0.05, 0) is 159 Å². The Morgan fingerprint density at radius 3 is 2.22 bits per heavy atom. The lowest BCUT2D eigenvalue weighted by molar-refractivity contribution is -0.228. The van der Waals surface area contributed by atoms with E-state index in [9.17, 15) is 27.5 Å². The number of carboxylic acids is 1. The molecule has 0 bridgehead atoms. The van der Waals surface area contributed by atoms with Gasteiger partial charge in [-0.1, -0.05) is 58.9 Å². The van der Waals surface area contributed by atoms with Gasteiger partial charge in [0, 0.05) is 32.1 Å². The molecule has 5 fully saturated rings. The molecular weight excluding hydrogens is 712 g/mol. The monoisotopic (exact) mass is 783 g/mol. The predicted octanol–water partition coefficient (Wildman–Crippen LogP) is 9.05. The van der Waals surface area contributed by atoms with E-state index in [2.05, 4.69) is 70.1 Å². The van der Waals surface area contributed by atoms with Crippen LogP contribution in [-0.4, -0.2) is 85.1 Å². The van der Waals surface area contributed by atoms with Crippen LogP contribution < -0.4 is 0 Å². The van der Waals surface area contributed by atoms with Gasteiger partial charge in [0.2, 0.25) is 5.91 Å². The molecule has 6 aliphatic carbocycles. The molecule has 308 valence electrons. The van der Waals surface area contributed by atoms with E-state index in [-0.39, 0.29) is 51.0 Å². The largest absolute Gasteiger partial charge is 0.481 e. The van der Waals surface area contributed by atoms with Crippen molar-refractivity contribution in [3.05, 3.63) is 35.5 Å². The van der Waals surface area contributed by atoms with Crippen molar-refractivity contribution >= 4 is 21.7 Å². The number of nitrogens with zero attached hydrogens (tertiary/aromatic N) is 2. The third-order valence-corrected chi connectivity index (χ3v) is 20.1. The minimum absolute atomic E-state index is 0.0560. The number of amides is 1. The molecule has 1 aliphatic heterocycles. The molecule has 9 heteroatoms. The maximum absolute atomic E-state index is 14.0. The lowest BCUT2D eigenvalue weighted by Gasteiger charge is -2.73. The number of allylic oxidation sites excluding steroid dienone is 5. The summed E-state index contributed by atoms with van der Waals surface area (Å²) in [5.74, 6) is 2.05. The number of rotatable bonds is 9. The van der Waals surface area contributed by atoms with Crippen molar-refractivity contribution in [3.63, 3.8) is 0 Å². The summed E-state index contributed by atoms with van der Waals surface area (Å²) < 4.78 is 38.1. The van der Waals surface area contributed by atoms with Gasteiger partial charge in [0.25, 0.3) is 0 Å². The van der Waals surface area contributed by atoms with Crippen molar-refractivity contribution in [1.29, 1.82) is 0 Å². The minimum atomic E-state index is -2.92. The van der Waals surface area contributed by atoms with E-state index in [1.165, 1.54) is 42.4 Å². The minimum Gasteiger partial charge on any atom is -0.481 e. The Morgan fingerprint density at radius 2 is 1.62 bits per heavy atom. The summed E-state index contributed by atoms with van der Waals surface area (Å²) in [4.78, 5) is 30.4. The molecule has 7 rings (SSSR count). The molecule has 0 spiro atoms. The first-order valence-electron chi connectivity index (χ1n) is 21.8. The van der Waals surface area contributed by atoms with Gasteiger partial charge >= 0.3 is 5.97 Å². The molecule has 7 aliphatic rings. The van der Waals surface area contributed by atoms with Gasteiger partial charge in [0.15, 0.2) is 9.84 Å². The molecule has 1 unspecified atom stereocenters. The quantitative estimate of drug-likeness (QED) is 0.235. The molecule has 10 atom stereocenters. The second-order valence-electron chi connectivity index (χ2n) is 21.0. The van der Waals surface area contributed by atoms with Gasteiger partial charge in [-0.15, -0.1) is 0 Å². The van der Waals surface area contributed by atoms with E-state index < -0.39 is 27.9 Å². The smallest absolute Gasteiger partial charge is 0.312 e. The zero-order chi connectivity index (χ0) is 40.0. The van der Waals surface area contributed by atoms with Crippen LogP contribution in [0.5, 0.6) is 0 Å². The molecule has 55 heavy (non-hydrogen) atoms. The fraction of sp³-hybridized carbons (Fsp3) is 0.826. The van der Waals surface area contributed by atoms with Crippen LogP contribution in [0.15, 0.2) is 35.5 Å². The first-order chi connectivity index (χ1) is 25.7. The van der Waals surface area contributed by atoms with E-state index in [0.29, 0.717) is 55.5 Å². The van der Waals surface area contributed by atoms with Crippen molar-refractivity contribution in [3.8, 4) is 0 Å². The molecule has 1 heterocycles. The molecule has 1 N–H and O–H groups in total. The van der Waals surface area contributed by atoms with Crippen LogP contribution in [0.2, 0.25) is 0 Å². The molecule has 0 radical (unpaired) electrons. The lowest BCUT2D eigenvalue weighted by atomic mass is 9.32. The highest BCUT2D eigenvalue weighted by Crippen LogP contribution is 2.77. The molecular formula is C46H71FN2O5S. The van der Waals surface area contributed by atoms with Gasteiger partial charge in [-0.25, -0.2) is 12.8 Å². The van der Waals surface area contributed by atoms with Crippen LogP contribution in [0, 0.1) is 56.7 Å². The highest BCUT2D eigenvalue weighted by Gasteiger charge is 2.71. The summed E-state index contributed by atoms with van der Waals surface area (Å²) >= 11 is 0. The zero-order valence-electron chi connectivity index (χ0n) is 35.2. The van der Waals surface area contributed by atoms with Crippen LogP contribution in [0.25, 0.3) is 0 Å². The molecule has 0 aromatic heterocycles. The lowest BCUT2D eigenvalue weighted by Crippen LogP contribution is -2.68. The second kappa shape index (κ2) is 14.1. The van der Waals surface area contributed by atoms with Crippen LogP contribution in [-0.2, 0) is 19.4 Å². The topological polar surface area (TPSA) is 95.0 Å². The summed E-state index contributed by atoms with van der Waals surface area (Å²) in [6.07, 6.45) is 16.8. The van der Waals surface area contributed by atoms with Gasteiger partial charge < -0.3 is 14.9 Å². The Balaban J connectivity index is 1.15. The number of hydrogen-bond donors (Lipinski definition) is 1. The van der Waals surface area contributed by atoms with Crippen molar-refractivity contribution in [2.75, 3.05) is 44.4 Å². The van der Waals surface area contributed by atoms with Gasteiger partial charge in [0.05, 0.1) is 16.9 Å². The number of halogens is 1. The highest BCUT2D eigenvalue weighted by atomic mass is 32.2. The third-order valence-electron chi connectivity index (χ3n) is 18.5. The normalized spacial score (nSPS) is 43.5. The summed E-state index contributed by atoms with van der Waals surface area (Å²) in [5.41, 5.74) is 2.85. The Hall–Kier alpha value is -2.00. The number of carbonyl (C=O) groups is 2. The Bertz CT molecular complexity index is 1740. The Labute approximate surface area is 331 Å². The fourth-order valence-corrected chi connectivity index (χ4v) is 16.6. The van der Waals surface area contributed by atoms with Crippen LogP contribution >= 0.6 is 0 Å². The zero-order valence-corrected chi connectivity index (χ0v) is 36.0. The summed E-state index contributed by atoms with van der Waals surface area (Å²) in [6.45, 7) is 23.3. The van der Waals surface area contributed by atoms with Crippen LogP contribution in [0.1, 0.15) is 132 Å². The first kappa shape index (κ1) is 41.2. The molecule has 1 saturated heterocycles. The van der Waals surface area contributed by atoms with E-state index >= 15 is 0 Å². The Morgan fingerprint density at radius 1 is 0.909 bits per heavy atom. The summed E-state index contributed by atoms with van der Waals surface area (Å²) in [6, 6.07) is 0. The van der Waals surface area contributed by atoms with Crippen molar-refractivity contribution in [2.24, 2.45) is 56.7 Å². The molecule has 0 aromatic carbocycles. The van der Waals surface area contributed by atoms with E-state index in [0.717, 1.165) is 51.6 Å². The van der Waals surface area contributed by atoms with E-state index in [1.54, 1.807) is 6.92 Å². The SMILES string of the molecule is C=C(C)[C@@H]1CCC2(N(CCCN3CCS(=O)(=O)CC3)C(C)=O)CC[C@]3(C)[C@H](CC[C@@H]4[C@@]5(C)CC=C(C6=CC[C@@](CF)(C(=O)O)CC6)C(C)(C)[C@@H]5CC[C@]43C)[C@@H]12. The molecule has 7 nitrogen and oxygen atoms in total. The van der Waals surface area contributed by atoms with Gasteiger partial charge in [0.1, 0.15) is 6.67 Å². The van der Waals surface area contributed by atoms with Gasteiger partial charge in [-0.3, -0.25) is 9.59 Å². The maximum Gasteiger partial charge on any atom is 0.312 e.